The van der Waals surface area contributed by atoms with Crippen LogP contribution in [-0.4, -0.2) is 15.9 Å². The molecule has 0 atom stereocenters. The Hall–Kier alpha value is -1.64. The first-order chi connectivity index (χ1) is 6.72. The van der Waals surface area contributed by atoms with Crippen LogP contribution >= 0.6 is 0 Å². The van der Waals surface area contributed by atoms with Crippen molar-refractivity contribution >= 4 is 11.8 Å². The predicted octanol–water partition coefficient (Wildman–Crippen LogP) is 2.27. The topological polar surface area (TPSA) is 34.4 Å². The van der Waals surface area contributed by atoms with Gasteiger partial charge in [-0.1, -0.05) is 13.8 Å². The lowest BCUT2D eigenvalue weighted by Crippen LogP contribution is -2.03. The van der Waals surface area contributed by atoms with Crippen LogP contribution in [0.15, 0.2) is 24.4 Å². The first-order valence-corrected chi connectivity index (χ1v) is 4.66. The summed E-state index contributed by atoms with van der Waals surface area (Å²) in [5, 5.41) is 4.39. The molecule has 2 aromatic heterocycles. The van der Waals surface area contributed by atoms with Gasteiger partial charge in [-0.05, 0) is 24.1 Å². The second-order valence-corrected chi connectivity index (χ2v) is 3.64. The van der Waals surface area contributed by atoms with E-state index in [0.717, 1.165) is 17.5 Å². The van der Waals surface area contributed by atoms with Crippen molar-refractivity contribution in [2.24, 2.45) is 0 Å². The maximum absolute atomic E-state index is 10.8. The number of fused-ring (bicyclic) bond motifs is 1. The molecule has 0 aliphatic carbocycles. The molecule has 0 aliphatic rings. The number of hydrogen-bond acceptors (Lipinski definition) is 2. The quantitative estimate of drug-likeness (QED) is 0.677. The molecule has 0 fully saturated rings. The molecule has 0 amide bonds. The molecule has 3 nitrogen and oxygen atoms in total. The van der Waals surface area contributed by atoms with E-state index >= 15 is 0 Å². The summed E-state index contributed by atoms with van der Waals surface area (Å²) < 4.78 is 1.79. The molecule has 0 saturated heterocycles. The van der Waals surface area contributed by atoms with E-state index in [1.54, 1.807) is 4.52 Å². The minimum atomic E-state index is 0.266. The Morgan fingerprint density at radius 3 is 2.93 bits per heavy atom. The Morgan fingerprint density at radius 1 is 1.50 bits per heavy atom. The van der Waals surface area contributed by atoms with Gasteiger partial charge in [-0.15, -0.1) is 0 Å². The van der Waals surface area contributed by atoms with Crippen LogP contribution in [0.1, 0.15) is 35.8 Å². The number of aldehydes is 1. The highest BCUT2D eigenvalue weighted by Gasteiger charge is 2.09. The zero-order valence-electron chi connectivity index (χ0n) is 8.27. The van der Waals surface area contributed by atoms with Crippen molar-refractivity contribution in [3.8, 4) is 0 Å². The number of carbonyl (C=O) groups is 1. The van der Waals surface area contributed by atoms with E-state index in [2.05, 4.69) is 5.10 Å². The van der Waals surface area contributed by atoms with Gasteiger partial charge in [0.05, 0.1) is 11.2 Å². The van der Waals surface area contributed by atoms with Crippen molar-refractivity contribution in [1.29, 1.82) is 0 Å². The fourth-order valence-corrected chi connectivity index (χ4v) is 1.54. The van der Waals surface area contributed by atoms with Gasteiger partial charge in [0.25, 0.3) is 0 Å². The molecule has 2 heterocycles. The van der Waals surface area contributed by atoms with Crippen molar-refractivity contribution < 1.29 is 4.79 Å². The molecule has 0 radical (unpaired) electrons. The highest BCUT2D eigenvalue weighted by atomic mass is 16.1. The van der Waals surface area contributed by atoms with Gasteiger partial charge in [-0.3, -0.25) is 4.79 Å². The number of nitrogens with zero attached hydrogens (tertiary/aromatic N) is 2. The standard InChI is InChI=1S/C11H12N2O/c1-8(2)11-9(7-14)6-10-4-3-5-13(10)12-11/h3-8H,1-2H3. The molecule has 0 spiro atoms. The average molecular weight is 188 g/mol. The molecule has 2 aromatic rings. The molecule has 0 unspecified atom stereocenters. The molecule has 2 rings (SSSR count). The lowest BCUT2D eigenvalue weighted by molar-refractivity contribution is 0.112. The summed E-state index contributed by atoms with van der Waals surface area (Å²) in [6, 6.07) is 5.72. The summed E-state index contributed by atoms with van der Waals surface area (Å²) in [5.74, 6) is 0.266. The number of rotatable bonds is 2. The van der Waals surface area contributed by atoms with Gasteiger partial charge in [0.1, 0.15) is 0 Å². The normalized spacial score (nSPS) is 11.1. The molecular formula is C11H12N2O. The third-order valence-electron chi connectivity index (χ3n) is 2.25. The van der Waals surface area contributed by atoms with Crippen molar-refractivity contribution in [1.82, 2.24) is 9.61 Å². The van der Waals surface area contributed by atoms with Gasteiger partial charge in [-0.2, -0.15) is 5.10 Å². The second kappa shape index (κ2) is 3.25. The van der Waals surface area contributed by atoms with E-state index in [9.17, 15) is 4.79 Å². The maximum atomic E-state index is 10.8. The van der Waals surface area contributed by atoms with E-state index in [0.29, 0.717) is 5.56 Å². The summed E-state index contributed by atoms with van der Waals surface area (Å²) in [4.78, 5) is 10.8. The number of carbonyl (C=O) groups excluding carboxylic acids is 1. The van der Waals surface area contributed by atoms with Crippen molar-refractivity contribution in [2.45, 2.75) is 19.8 Å². The Labute approximate surface area is 82.4 Å². The van der Waals surface area contributed by atoms with Crippen LogP contribution in [0.5, 0.6) is 0 Å². The van der Waals surface area contributed by atoms with Gasteiger partial charge >= 0.3 is 0 Å². The Bertz CT molecular complexity index is 471. The summed E-state index contributed by atoms with van der Waals surface area (Å²) in [7, 11) is 0. The third-order valence-corrected chi connectivity index (χ3v) is 2.25. The highest BCUT2D eigenvalue weighted by Crippen LogP contribution is 2.17. The fraction of sp³-hybridized carbons (Fsp3) is 0.273. The Balaban J connectivity index is 2.72. The van der Waals surface area contributed by atoms with Crippen molar-refractivity contribution in [3.63, 3.8) is 0 Å². The van der Waals surface area contributed by atoms with Crippen LogP contribution in [0, 0.1) is 0 Å². The summed E-state index contributed by atoms with van der Waals surface area (Å²) in [5.41, 5.74) is 2.49. The average Bonchev–Trinajstić information content (AvgIpc) is 2.62. The zero-order chi connectivity index (χ0) is 10.1. The zero-order valence-corrected chi connectivity index (χ0v) is 8.27. The molecule has 3 heteroatoms. The van der Waals surface area contributed by atoms with E-state index < -0.39 is 0 Å². The molecule has 0 N–H and O–H groups in total. The smallest absolute Gasteiger partial charge is 0.152 e. The molecule has 72 valence electrons. The van der Waals surface area contributed by atoms with Gasteiger partial charge in [-0.25, -0.2) is 4.52 Å². The predicted molar refractivity (Wildman–Crippen MR) is 54.7 cm³/mol. The van der Waals surface area contributed by atoms with Crippen LogP contribution < -0.4 is 0 Å². The van der Waals surface area contributed by atoms with Crippen LogP contribution in [0.3, 0.4) is 0 Å². The van der Waals surface area contributed by atoms with Gasteiger partial charge < -0.3 is 0 Å². The van der Waals surface area contributed by atoms with E-state index in [1.165, 1.54) is 0 Å². The largest absolute Gasteiger partial charge is 0.298 e. The molecular weight excluding hydrogens is 176 g/mol. The second-order valence-electron chi connectivity index (χ2n) is 3.64. The molecule has 0 bridgehead atoms. The highest BCUT2D eigenvalue weighted by molar-refractivity contribution is 5.79. The Kier molecular flexibility index (Phi) is 2.08. The molecule has 0 aliphatic heterocycles. The van der Waals surface area contributed by atoms with Gasteiger partial charge in [0.2, 0.25) is 0 Å². The maximum Gasteiger partial charge on any atom is 0.152 e. The van der Waals surface area contributed by atoms with Crippen LogP contribution in [0.2, 0.25) is 0 Å². The van der Waals surface area contributed by atoms with Crippen LogP contribution in [0.4, 0.5) is 0 Å². The summed E-state index contributed by atoms with van der Waals surface area (Å²) >= 11 is 0. The van der Waals surface area contributed by atoms with E-state index in [-0.39, 0.29) is 5.92 Å². The third kappa shape index (κ3) is 1.31. The summed E-state index contributed by atoms with van der Waals surface area (Å²) in [6.07, 6.45) is 2.76. The molecule has 14 heavy (non-hydrogen) atoms. The van der Waals surface area contributed by atoms with E-state index in [4.69, 9.17) is 0 Å². The van der Waals surface area contributed by atoms with Crippen molar-refractivity contribution in [2.75, 3.05) is 0 Å². The first-order valence-electron chi connectivity index (χ1n) is 4.66. The SMILES string of the molecule is CC(C)c1nn2cccc2cc1C=O. The summed E-state index contributed by atoms with van der Waals surface area (Å²) in [6.45, 7) is 4.06. The number of hydrogen-bond donors (Lipinski definition) is 0. The molecule has 0 aromatic carbocycles. The lowest BCUT2D eigenvalue weighted by atomic mass is 10.1. The monoisotopic (exact) mass is 188 g/mol. The lowest BCUT2D eigenvalue weighted by Gasteiger charge is -2.07. The van der Waals surface area contributed by atoms with E-state index in [1.807, 2.05) is 38.2 Å². The fourth-order valence-electron chi connectivity index (χ4n) is 1.54. The first kappa shape index (κ1) is 8.94. The number of aromatic nitrogens is 2. The van der Waals surface area contributed by atoms with Crippen LogP contribution in [-0.2, 0) is 0 Å². The minimum Gasteiger partial charge on any atom is -0.298 e. The minimum absolute atomic E-state index is 0.266. The van der Waals surface area contributed by atoms with Gasteiger partial charge in [0.15, 0.2) is 6.29 Å². The molecule has 0 saturated carbocycles. The van der Waals surface area contributed by atoms with Crippen molar-refractivity contribution in [3.05, 3.63) is 35.7 Å². The van der Waals surface area contributed by atoms with Gasteiger partial charge in [0, 0.05) is 11.8 Å². The Morgan fingerprint density at radius 2 is 2.29 bits per heavy atom. The van der Waals surface area contributed by atoms with Crippen LogP contribution in [0.25, 0.3) is 5.52 Å².